The molecule has 0 unspecified atom stereocenters. The fraction of sp³-hybridized carbons (Fsp3) is 0.458. The van der Waals surface area contributed by atoms with Gasteiger partial charge in [0, 0.05) is 41.9 Å². The van der Waals surface area contributed by atoms with E-state index in [4.69, 9.17) is 26.0 Å². The number of nitrogens with zero attached hydrogens (tertiary/aromatic N) is 10. The van der Waals surface area contributed by atoms with E-state index in [0.29, 0.717) is 23.0 Å². The summed E-state index contributed by atoms with van der Waals surface area (Å²) >= 11 is 7.44. The van der Waals surface area contributed by atoms with Crippen molar-refractivity contribution in [3.63, 3.8) is 0 Å². The van der Waals surface area contributed by atoms with E-state index in [2.05, 4.69) is 56.4 Å². The molecule has 1 fully saturated rings. The maximum Gasteiger partial charge on any atom is 0.324 e. The van der Waals surface area contributed by atoms with Crippen LogP contribution in [0.3, 0.4) is 0 Å². The van der Waals surface area contributed by atoms with Gasteiger partial charge in [0.15, 0.2) is 11.6 Å². The summed E-state index contributed by atoms with van der Waals surface area (Å²) < 4.78 is 14.6. The molecule has 0 spiro atoms. The fourth-order valence-corrected chi connectivity index (χ4v) is 5.67. The molecule has 198 valence electrons. The molecule has 12 nitrogen and oxygen atoms in total. The number of hydrogen-bond acceptors (Lipinski definition) is 11. The number of piperidine rings is 1. The van der Waals surface area contributed by atoms with Crippen LogP contribution in [0, 0.1) is 12.8 Å². The first-order valence-electron chi connectivity index (χ1n) is 12.5. The number of ether oxygens (including phenoxy) is 1. The minimum Gasteiger partial charge on any atom is -0.466 e. The number of halogens is 1. The molecule has 1 saturated heterocycles. The van der Waals surface area contributed by atoms with Crippen LogP contribution in [0.2, 0.25) is 0 Å². The molecule has 0 radical (unpaired) electrons. The van der Waals surface area contributed by atoms with Gasteiger partial charge in [0.05, 0.1) is 11.9 Å². The zero-order chi connectivity index (χ0) is 26.4. The highest BCUT2D eigenvalue weighted by molar-refractivity contribution is 7.18. The van der Waals surface area contributed by atoms with Crippen LogP contribution in [0.4, 0.5) is 6.01 Å². The smallest absolute Gasteiger partial charge is 0.324 e. The van der Waals surface area contributed by atoms with Gasteiger partial charge in [-0.15, -0.1) is 14.4 Å². The number of benzene rings is 1. The van der Waals surface area contributed by atoms with Crippen LogP contribution in [0.25, 0.3) is 27.6 Å². The van der Waals surface area contributed by atoms with Crippen molar-refractivity contribution in [3.8, 4) is 27.8 Å². The molecule has 0 saturated carbocycles. The van der Waals surface area contributed by atoms with Crippen molar-refractivity contribution in [2.75, 3.05) is 18.0 Å². The monoisotopic (exact) mass is 554 g/mol. The van der Waals surface area contributed by atoms with Crippen molar-refractivity contribution in [1.82, 2.24) is 44.5 Å². The van der Waals surface area contributed by atoms with Crippen molar-refractivity contribution in [3.05, 3.63) is 35.8 Å². The normalized spacial score (nSPS) is 15.6. The van der Waals surface area contributed by atoms with E-state index in [1.807, 2.05) is 31.3 Å². The van der Waals surface area contributed by atoms with E-state index in [9.17, 15) is 0 Å². The van der Waals surface area contributed by atoms with Crippen LogP contribution in [0.15, 0.2) is 28.9 Å². The third-order valence-corrected chi connectivity index (χ3v) is 7.97. The van der Waals surface area contributed by atoms with Gasteiger partial charge in [-0.1, -0.05) is 31.1 Å². The third-order valence-electron chi connectivity index (χ3n) is 6.93. The molecule has 1 aliphatic rings. The lowest BCUT2D eigenvalue weighted by atomic mass is 9.92. The predicted molar refractivity (Wildman–Crippen MR) is 143 cm³/mol. The zero-order valence-electron chi connectivity index (χ0n) is 21.4. The summed E-state index contributed by atoms with van der Waals surface area (Å²) in [6, 6.07) is 6.52. The molecule has 38 heavy (non-hydrogen) atoms. The standard InChI is InChI=1S/C24H27ClN10O2S/c1-13(2)20-27-22(37-30-20)33-9-7-16(8-10-33)15(4)36-24-29-34-12-19(26-23(34)38-24)18-6-5-17(11-14(18)3)21-28-31-32-35(21)25/h5-6,11-13,15-16H,7-10H2,1-4H3/t15-/m1/s1. The molecule has 0 aliphatic carbocycles. The lowest BCUT2D eigenvalue weighted by Gasteiger charge is -2.33. The van der Waals surface area contributed by atoms with Crippen LogP contribution in [-0.2, 0) is 0 Å². The summed E-state index contributed by atoms with van der Waals surface area (Å²) in [6.45, 7) is 9.98. The number of aromatic nitrogens is 9. The van der Waals surface area contributed by atoms with Crippen molar-refractivity contribution in [1.29, 1.82) is 0 Å². The van der Waals surface area contributed by atoms with Crippen LogP contribution < -0.4 is 9.64 Å². The first-order chi connectivity index (χ1) is 18.4. The average Bonchev–Trinajstić information content (AvgIpc) is 3.68. The number of hydrogen-bond donors (Lipinski definition) is 0. The molecule has 6 rings (SSSR count). The largest absolute Gasteiger partial charge is 0.466 e. The molecule has 5 heterocycles. The van der Waals surface area contributed by atoms with Gasteiger partial charge in [-0.25, -0.2) is 9.50 Å². The minimum absolute atomic E-state index is 0.0367. The molecule has 0 N–H and O–H groups in total. The summed E-state index contributed by atoms with van der Waals surface area (Å²) in [7, 11) is 0. The SMILES string of the molecule is Cc1cc(-c2nnnn2Cl)ccc1-c1cn2nc(O[C@H](C)C3CCN(c4nc(C(C)C)no4)CC3)sc2n1. The second kappa shape index (κ2) is 9.95. The lowest BCUT2D eigenvalue weighted by Crippen LogP contribution is -2.38. The van der Waals surface area contributed by atoms with Gasteiger partial charge in [0.2, 0.25) is 4.96 Å². The Bertz CT molecular complexity index is 1530. The van der Waals surface area contributed by atoms with Crippen LogP contribution in [0.5, 0.6) is 5.19 Å². The number of fused-ring (bicyclic) bond motifs is 1. The Morgan fingerprint density at radius 2 is 1.97 bits per heavy atom. The molecule has 1 aliphatic heterocycles. The third kappa shape index (κ3) is 4.71. The first-order valence-corrected chi connectivity index (χ1v) is 13.7. The molecule has 0 bridgehead atoms. The van der Waals surface area contributed by atoms with E-state index < -0.39 is 0 Å². The second-order valence-electron chi connectivity index (χ2n) is 9.85. The van der Waals surface area contributed by atoms with E-state index >= 15 is 0 Å². The van der Waals surface area contributed by atoms with Crippen LogP contribution in [0.1, 0.15) is 50.9 Å². The summed E-state index contributed by atoms with van der Waals surface area (Å²) in [5, 5.41) is 20.6. The molecule has 1 atom stereocenters. The highest BCUT2D eigenvalue weighted by Crippen LogP contribution is 2.32. The summed E-state index contributed by atoms with van der Waals surface area (Å²) in [6.07, 6.45) is 3.93. The first kappa shape index (κ1) is 24.7. The fourth-order valence-electron chi connectivity index (χ4n) is 4.70. The Balaban J connectivity index is 1.09. The molecular weight excluding hydrogens is 528 g/mol. The zero-order valence-corrected chi connectivity index (χ0v) is 23.0. The second-order valence-corrected chi connectivity index (χ2v) is 11.1. The van der Waals surface area contributed by atoms with Gasteiger partial charge >= 0.3 is 6.01 Å². The van der Waals surface area contributed by atoms with Crippen molar-refractivity contribution in [2.24, 2.45) is 5.92 Å². The number of anilines is 1. The summed E-state index contributed by atoms with van der Waals surface area (Å²) in [5.41, 5.74) is 3.71. The number of imidazole rings is 1. The topological polar surface area (TPSA) is 125 Å². The predicted octanol–water partition coefficient (Wildman–Crippen LogP) is 4.61. The van der Waals surface area contributed by atoms with Crippen molar-refractivity contribution >= 4 is 34.1 Å². The average molecular weight is 555 g/mol. The molecule has 1 aromatic carbocycles. The highest BCUT2D eigenvalue weighted by Gasteiger charge is 2.28. The van der Waals surface area contributed by atoms with Gasteiger partial charge in [-0.05, 0) is 66.0 Å². The summed E-state index contributed by atoms with van der Waals surface area (Å²) in [4.78, 5) is 12.3. The number of tetrazole rings is 1. The Morgan fingerprint density at radius 3 is 2.63 bits per heavy atom. The van der Waals surface area contributed by atoms with Crippen LogP contribution >= 0.6 is 23.1 Å². The Labute approximate surface area is 227 Å². The van der Waals surface area contributed by atoms with Gasteiger partial charge in [-0.3, -0.25) is 0 Å². The Hall–Kier alpha value is -3.58. The maximum absolute atomic E-state index is 6.25. The minimum atomic E-state index is 0.0367. The van der Waals surface area contributed by atoms with E-state index in [-0.39, 0.29) is 12.0 Å². The Morgan fingerprint density at radius 1 is 1.16 bits per heavy atom. The highest BCUT2D eigenvalue weighted by atomic mass is 35.5. The van der Waals surface area contributed by atoms with Crippen LogP contribution in [-0.4, -0.2) is 63.7 Å². The summed E-state index contributed by atoms with van der Waals surface area (Å²) in [5.74, 6) is 1.91. The van der Waals surface area contributed by atoms with Gasteiger partial charge in [-0.2, -0.15) is 4.98 Å². The molecule has 14 heteroatoms. The maximum atomic E-state index is 6.25. The molecule has 0 amide bonds. The molecule has 5 aromatic rings. The van der Waals surface area contributed by atoms with Crippen molar-refractivity contribution < 1.29 is 9.26 Å². The Kier molecular flexibility index (Phi) is 6.48. The van der Waals surface area contributed by atoms with E-state index in [0.717, 1.165) is 63.3 Å². The van der Waals surface area contributed by atoms with Crippen molar-refractivity contribution in [2.45, 2.75) is 52.6 Å². The van der Waals surface area contributed by atoms with E-state index in [1.54, 1.807) is 4.52 Å². The number of aryl methyl sites for hydroxylation is 1. The quantitative estimate of drug-likeness (QED) is 0.281. The van der Waals surface area contributed by atoms with Gasteiger partial charge in [0.25, 0.3) is 5.19 Å². The van der Waals surface area contributed by atoms with E-state index in [1.165, 1.54) is 11.3 Å². The lowest BCUT2D eigenvalue weighted by molar-refractivity contribution is 0.130. The van der Waals surface area contributed by atoms with Gasteiger partial charge in [0.1, 0.15) is 6.10 Å². The molecule has 4 aromatic heterocycles. The number of rotatable bonds is 7. The van der Waals surface area contributed by atoms with Gasteiger partial charge < -0.3 is 14.2 Å². The molecular formula is C24H27ClN10O2S.